The predicted molar refractivity (Wildman–Crippen MR) is 54.6 cm³/mol. The Morgan fingerprint density at radius 1 is 1.23 bits per heavy atom. The SMILES string of the molecule is CCOC(C)(C)C1CC2CCC1C2. The summed E-state index contributed by atoms with van der Waals surface area (Å²) in [6.07, 6.45) is 5.87. The van der Waals surface area contributed by atoms with E-state index < -0.39 is 0 Å². The number of hydrogen-bond donors (Lipinski definition) is 0. The van der Waals surface area contributed by atoms with E-state index in [-0.39, 0.29) is 5.60 Å². The molecule has 0 N–H and O–H groups in total. The predicted octanol–water partition coefficient (Wildman–Crippen LogP) is 3.24. The van der Waals surface area contributed by atoms with E-state index in [1.165, 1.54) is 25.7 Å². The Bertz CT molecular complexity index is 186. The average molecular weight is 182 g/mol. The molecular formula is C12H22O. The summed E-state index contributed by atoms with van der Waals surface area (Å²) < 4.78 is 5.87. The van der Waals surface area contributed by atoms with Crippen LogP contribution in [-0.4, -0.2) is 12.2 Å². The highest BCUT2D eigenvalue weighted by Crippen LogP contribution is 2.52. The van der Waals surface area contributed by atoms with E-state index in [1.807, 2.05) is 0 Å². The zero-order valence-electron chi connectivity index (χ0n) is 9.18. The standard InChI is InChI=1S/C12H22O/c1-4-13-12(2,3)11-8-9-5-6-10(11)7-9/h9-11H,4-8H2,1-3H3. The minimum atomic E-state index is 0.134. The fourth-order valence-electron chi connectivity index (χ4n) is 3.58. The Kier molecular flexibility index (Phi) is 2.39. The molecule has 2 aliphatic rings. The molecule has 2 fully saturated rings. The van der Waals surface area contributed by atoms with Crippen molar-refractivity contribution >= 4 is 0 Å². The lowest BCUT2D eigenvalue weighted by Gasteiger charge is -2.37. The van der Waals surface area contributed by atoms with Gasteiger partial charge in [-0.15, -0.1) is 0 Å². The fourth-order valence-corrected chi connectivity index (χ4v) is 3.58. The van der Waals surface area contributed by atoms with Crippen LogP contribution in [0.15, 0.2) is 0 Å². The fraction of sp³-hybridized carbons (Fsp3) is 1.00. The zero-order valence-corrected chi connectivity index (χ0v) is 9.18. The zero-order chi connectivity index (χ0) is 9.47. The highest BCUT2D eigenvalue weighted by Gasteiger charge is 2.46. The summed E-state index contributed by atoms with van der Waals surface area (Å²) in [5.74, 6) is 2.85. The van der Waals surface area contributed by atoms with Gasteiger partial charge < -0.3 is 4.74 Å². The van der Waals surface area contributed by atoms with Crippen molar-refractivity contribution in [1.82, 2.24) is 0 Å². The monoisotopic (exact) mass is 182 g/mol. The van der Waals surface area contributed by atoms with Gasteiger partial charge in [-0.05, 0) is 57.8 Å². The second-order valence-corrected chi connectivity index (χ2v) is 5.32. The van der Waals surface area contributed by atoms with Crippen LogP contribution in [0.2, 0.25) is 0 Å². The smallest absolute Gasteiger partial charge is 0.0657 e. The lowest BCUT2D eigenvalue weighted by molar-refractivity contribution is -0.0703. The molecule has 2 bridgehead atoms. The molecule has 0 heterocycles. The number of fused-ring (bicyclic) bond motifs is 2. The van der Waals surface area contributed by atoms with Gasteiger partial charge >= 0.3 is 0 Å². The van der Waals surface area contributed by atoms with Gasteiger partial charge in [0.05, 0.1) is 5.60 Å². The molecule has 3 atom stereocenters. The van der Waals surface area contributed by atoms with Crippen molar-refractivity contribution < 1.29 is 4.74 Å². The quantitative estimate of drug-likeness (QED) is 0.651. The van der Waals surface area contributed by atoms with Crippen molar-refractivity contribution in [1.29, 1.82) is 0 Å². The van der Waals surface area contributed by atoms with Gasteiger partial charge in [-0.25, -0.2) is 0 Å². The second kappa shape index (κ2) is 3.27. The Balaban J connectivity index is 2.01. The maximum atomic E-state index is 5.87. The molecule has 2 aliphatic carbocycles. The van der Waals surface area contributed by atoms with Crippen molar-refractivity contribution in [2.24, 2.45) is 17.8 Å². The van der Waals surface area contributed by atoms with Crippen LogP contribution in [0.5, 0.6) is 0 Å². The first-order valence-electron chi connectivity index (χ1n) is 5.77. The molecule has 0 aromatic heterocycles. The van der Waals surface area contributed by atoms with Gasteiger partial charge in [-0.3, -0.25) is 0 Å². The number of ether oxygens (including phenoxy) is 1. The van der Waals surface area contributed by atoms with Gasteiger partial charge in [0.15, 0.2) is 0 Å². The van der Waals surface area contributed by atoms with Crippen LogP contribution in [0, 0.1) is 17.8 Å². The molecule has 2 saturated carbocycles. The van der Waals surface area contributed by atoms with Gasteiger partial charge in [-0.1, -0.05) is 6.42 Å². The van der Waals surface area contributed by atoms with E-state index in [2.05, 4.69) is 20.8 Å². The lowest BCUT2D eigenvalue weighted by atomic mass is 9.78. The van der Waals surface area contributed by atoms with Crippen molar-refractivity contribution in [3.05, 3.63) is 0 Å². The van der Waals surface area contributed by atoms with Crippen molar-refractivity contribution in [2.75, 3.05) is 6.61 Å². The van der Waals surface area contributed by atoms with Crippen LogP contribution in [0.4, 0.5) is 0 Å². The van der Waals surface area contributed by atoms with E-state index in [0.29, 0.717) is 0 Å². The second-order valence-electron chi connectivity index (χ2n) is 5.32. The first kappa shape index (κ1) is 9.51. The summed E-state index contributed by atoms with van der Waals surface area (Å²) >= 11 is 0. The molecule has 2 rings (SSSR count). The van der Waals surface area contributed by atoms with Crippen molar-refractivity contribution in [3.8, 4) is 0 Å². The minimum absolute atomic E-state index is 0.134. The largest absolute Gasteiger partial charge is 0.376 e. The number of hydrogen-bond acceptors (Lipinski definition) is 1. The molecule has 0 aromatic carbocycles. The maximum Gasteiger partial charge on any atom is 0.0657 e. The molecule has 0 radical (unpaired) electrons. The lowest BCUT2D eigenvalue weighted by Crippen LogP contribution is -2.37. The van der Waals surface area contributed by atoms with E-state index >= 15 is 0 Å². The van der Waals surface area contributed by atoms with E-state index in [0.717, 1.165) is 24.4 Å². The number of rotatable bonds is 3. The van der Waals surface area contributed by atoms with Gasteiger partial charge in [0, 0.05) is 6.61 Å². The van der Waals surface area contributed by atoms with Crippen LogP contribution in [0.1, 0.15) is 46.5 Å². The molecular weight excluding hydrogens is 160 g/mol. The Labute approximate surface area is 81.9 Å². The Morgan fingerprint density at radius 3 is 2.46 bits per heavy atom. The maximum absolute atomic E-state index is 5.87. The van der Waals surface area contributed by atoms with Crippen molar-refractivity contribution in [3.63, 3.8) is 0 Å². The summed E-state index contributed by atoms with van der Waals surface area (Å²) in [4.78, 5) is 0. The molecule has 76 valence electrons. The normalized spacial score (nSPS) is 38.5. The summed E-state index contributed by atoms with van der Waals surface area (Å²) in [5, 5.41) is 0. The summed E-state index contributed by atoms with van der Waals surface area (Å²) in [6, 6.07) is 0. The molecule has 0 aliphatic heterocycles. The van der Waals surface area contributed by atoms with E-state index in [1.54, 1.807) is 0 Å². The average Bonchev–Trinajstić information content (AvgIpc) is 2.63. The Morgan fingerprint density at radius 2 is 2.00 bits per heavy atom. The molecule has 1 heteroatoms. The molecule has 3 unspecified atom stereocenters. The topological polar surface area (TPSA) is 9.23 Å². The third-order valence-electron chi connectivity index (χ3n) is 4.15. The highest BCUT2D eigenvalue weighted by atomic mass is 16.5. The Hall–Kier alpha value is -0.0400. The van der Waals surface area contributed by atoms with Crippen molar-refractivity contribution in [2.45, 2.75) is 52.1 Å². The molecule has 1 nitrogen and oxygen atoms in total. The molecule has 0 saturated heterocycles. The molecule has 0 spiro atoms. The third-order valence-corrected chi connectivity index (χ3v) is 4.15. The van der Waals surface area contributed by atoms with E-state index in [4.69, 9.17) is 4.74 Å². The first-order valence-corrected chi connectivity index (χ1v) is 5.77. The molecule has 13 heavy (non-hydrogen) atoms. The van der Waals surface area contributed by atoms with Gasteiger partial charge in [0.2, 0.25) is 0 Å². The van der Waals surface area contributed by atoms with E-state index in [9.17, 15) is 0 Å². The highest BCUT2D eigenvalue weighted by molar-refractivity contribution is 4.97. The van der Waals surface area contributed by atoms with Gasteiger partial charge in [-0.2, -0.15) is 0 Å². The van der Waals surface area contributed by atoms with Crippen LogP contribution >= 0.6 is 0 Å². The van der Waals surface area contributed by atoms with Crippen LogP contribution < -0.4 is 0 Å². The molecule has 0 aromatic rings. The molecule has 0 amide bonds. The van der Waals surface area contributed by atoms with Crippen LogP contribution in [-0.2, 0) is 4.74 Å². The van der Waals surface area contributed by atoms with Gasteiger partial charge in [0.1, 0.15) is 0 Å². The van der Waals surface area contributed by atoms with Gasteiger partial charge in [0.25, 0.3) is 0 Å². The minimum Gasteiger partial charge on any atom is -0.376 e. The third kappa shape index (κ3) is 1.63. The van der Waals surface area contributed by atoms with Crippen LogP contribution in [0.3, 0.4) is 0 Å². The summed E-state index contributed by atoms with van der Waals surface area (Å²) in [7, 11) is 0. The summed E-state index contributed by atoms with van der Waals surface area (Å²) in [5.41, 5.74) is 0.134. The van der Waals surface area contributed by atoms with Crippen LogP contribution in [0.25, 0.3) is 0 Å². The first-order chi connectivity index (χ1) is 6.13. The summed E-state index contributed by atoms with van der Waals surface area (Å²) in [6.45, 7) is 7.53.